The quantitative estimate of drug-likeness (QED) is 0.819. The summed E-state index contributed by atoms with van der Waals surface area (Å²) >= 11 is 0. The Labute approximate surface area is 99.0 Å². The van der Waals surface area contributed by atoms with E-state index in [1.54, 1.807) is 0 Å². The summed E-state index contributed by atoms with van der Waals surface area (Å²) in [5, 5.41) is 2.73. The molecule has 0 heterocycles. The van der Waals surface area contributed by atoms with Crippen molar-refractivity contribution in [1.82, 2.24) is 5.32 Å². The van der Waals surface area contributed by atoms with Gasteiger partial charge in [-0.3, -0.25) is 4.79 Å². The molecule has 0 aromatic heterocycles. The van der Waals surface area contributed by atoms with Crippen molar-refractivity contribution in [2.75, 3.05) is 6.54 Å². The molecular formula is C12H16F2N2O. The maximum absolute atomic E-state index is 12.9. The van der Waals surface area contributed by atoms with Crippen LogP contribution < -0.4 is 11.1 Å². The van der Waals surface area contributed by atoms with Crippen LogP contribution in [0.3, 0.4) is 0 Å². The Hall–Kier alpha value is -1.49. The Balaban J connectivity index is 2.53. The van der Waals surface area contributed by atoms with Crippen LogP contribution >= 0.6 is 0 Å². The van der Waals surface area contributed by atoms with Gasteiger partial charge < -0.3 is 11.1 Å². The molecule has 0 fully saturated rings. The lowest BCUT2D eigenvalue weighted by Gasteiger charge is -2.12. The lowest BCUT2D eigenvalue weighted by molar-refractivity contribution is -0.121. The molecular weight excluding hydrogens is 226 g/mol. The van der Waals surface area contributed by atoms with E-state index in [-0.39, 0.29) is 18.4 Å². The molecule has 1 unspecified atom stereocenters. The molecule has 1 atom stereocenters. The highest BCUT2D eigenvalue weighted by Gasteiger charge is 2.09. The summed E-state index contributed by atoms with van der Waals surface area (Å²) < 4.78 is 25.5. The van der Waals surface area contributed by atoms with Gasteiger partial charge in [0.2, 0.25) is 5.91 Å². The zero-order chi connectivity index (χ0) is 12.8. The Morgan fingerprint density at radius 2 is 2.12 bits per heavy atom. The second-order valence-corrected chi connectivity index (χ2v) is 3.97. The van der Waals surface area contributed by atoms with Crippen molar-refractivity contribution in [2.24, 2.45) is 5.73 Å². The number of halogens is 2. The molecule has 1 rings (SSSR count). The third kappa shape index (κ3) is 4.48. The first kappa shape index (κ1) is 13.6. The highest BCUT2D eigenvalue weighted by atomic mass is 19.2. The van der Waals surface area contributed by atoms with E-state index in [4.69, 9.17) is 5.73 Å². The predicted molar refractivity (Wildman–Crippen MR) is 61.3 cm³/mol. The normalized spacial score (nSPS) is 12.2. The van der Waals surface area contributed by atoms with Gasteiger partial charge in [-0.15, -0.1) is 0 Å². The molecule has 0 aliphatic heterocycles. The van der Waals surface area contributed by atoms with Gasteiger partial charge in [0.25, 0.3) is 0 Å². The second kappa shape index (κ2) is 6.30. The number of rotatable bonds is 5. The van der Waals surface area contributed by atoms with Crippen LogP contribution in [-0.2, 0) is 11.2 Å². The van der Waals surface area contributed by atoms with Crippen LogP contribution in [0.4, 0.5) is 8.78 Å². The molecule has 0 aliphatic rings. The minimum Gasteiger partial charge on any atom is -0.353 e. The van der Waals surface area contributed by atoms with Crippen LogP contribution in [0.5, 0.6) is 0 Å². The van der Waals surface area contributed by atoms with Crippen LogP contribution in [0, 0.1) is 11.6 Å². The standard InChI is InChI=1S/C12H16F2N2O/c1-8(4-5-15)16-12(17)7-9-2-3-10(13)11(14)6-9/h2-3,6,8H,4-5,7,15H2,1H3,(H,16,17). The highest BCUT2D eigenvalue weighted by molar-refractivity contribution is 5.78. The monoisotopic (exact) mass is 242 g/mol. The third-order valence-electron chi connectivity index (χ3n) is 2.36. The molecule has 1 aromatic rings. The molecule has 94 valence electrons. The number of carbonyl (C=O) groups excluding carboxylic acids is 1. The van der Waals surface area contributed by atoms with Crippen LogP contribution in [0.2, 0.25) is 0 Å². The summed E-state index contributed by atoms with van der Waals surface area (Å²) in [6, 6.07) is 3.42. The predicted octanol–water partition coefficient (Wildman–Crippen LogP) is 1.36. The Bertz CT molecular complexity index is 396. The van der Waals surface area contributed by atoms with Crippen molar-refractivity contribution in [3.05, 3.63) is 35.4 Å². The summed E-state index contributed by atoms with van der Waals surface area (Å²) in [6.45, 7) is 2.34. The van der Waals surface area contributed by atoms with E-state index in [1.807, 2.05) is 6.92 Å². The van der Waals surface area contributed by atoms with Gasteiger partial charge in [-0.05, 0) is 37.6 Å². The molecule has 0 radical (unpaired) electrons. The molecule has 0 saturated heterocycles. The summed E-state index contributed by atoms with van der Waals surface area (Å²) in [4.78, 5) is 11.5. The van der Waals surface area contributed by atoms with Crippen molar-refractivity contribution in [2.45, 2.75) is 25.8 Å². The van der Waals surface area contributed by atoms with Crippen molar-refractivity contribution < 1.29 is 13.6 Å². The lowest BCUT2D eigenvalue weighted by atomic mass is 10.1. The van der Waals surface area contributed by atoms with Crippen molar-refractivity contribution in [3.63, 3.8) is 0 Å². The Morgan fingerprint density at radius 3 is 2.71 bits per heavy atom. The molecule has 0 bridgehead atoms. The Kier molecular flexibility index (Phi) is 5.03. The largest absolute Gasteiger partial charge is 0.353 e. The van der Waals surface area contributed by atoms with Crippen LogP contribution in [0.1, 0.15) is 18.9 Å². The first-order valence-electron chi connectivity index (χ1n) is 5.46. The lowest BCUT2D eigenvalue weighted by Crippen LogP contribution is -2.35. The minimum atomic E-state index is -0.940. The zero-order valence-electron chi connectivity index (χ0n) is 9.67. The number of nitrogens with two attached hydrogens (primary N) is 1. The van der Waals surface area contributed by atoms with E-state index >= 15 is 0 Å². The number of benzene rings is 1. The minimum absolute atomic E-state index is 0.0159. The fraction of sp³-hybridized carbons (Fsp3) is 0.417. The van der Waals surface area contributed by atoms with Crippen LogP contribution in [-0.4, -0.2) is 18.5 Å². The number of nitrogens with one attached hydrogen (secondary N) is 1. The van der Waals surface area contributed by atoms with Gasteiger partial charge in [0.15, 0.2) is 11.6 Å². The fourth-order valence-corrected chi connectivity index (χ4v) is 1.48. The van der Waals surface area contributed by atoms with Crippen LogP contribution in [0.25, 0.3) is 0 Å². The zero-order valence-corrected chi connectivity index (χ0v) is 9.67. The van der Waals surface area contributed by atoms with Crippen molar-refractivity contribution in [1.29, 1.82) is 0 Å². The van der Waals surface area contributed by atoms with E-state index < -0.39 is 11.6 Å². The van der Waals surface area contributed by atoms with E-state index in [0.717, 1.165) is 12.1 Å². The molecule has 3 nitrogen and oxygen atoms in total. The molecule has 3 N–H and O–H groups in total. The number of hydrogen-bond donors (Lipinski definition) is 2. The smallest absolute Gasteiger partial charge is 0.224 e. The maximum atomic E-state index is 12.9. The summed E-state index contributed by atoms with van der Waals surface area (Å²) in [6.07, 6.45) is 0.718. The van der Waals surface area contributed by atoms with Gasteiger partial charge in [0, 0.05) is 6.04 Å². The number of hydrogen-bond acceptors (Lipinski definition) is 2. The molecule has 17 heavy (non-hydrogen) atoms. The SMILES string of the molecule is CC(CCN)NC(=O)Cc1ccc(F)c(F)c1. The van der Waals surface area contributed by atoms with E-state index in [9.17, 15) is 13.6 Å². The molecule has 0 saturated carbocycles. The summed E-state index contributed by atoms with van der Waals surface area (Å²) in [5.41, 5.74) is 5.80. The third-order valence-corrected chi connectivity index (χ3v) is 2.36. The van der Waals surface area contributed by atoms with Gasteiger partial charge in [0.05, 0.1) is 6.42 Å². The Morgan fingerprint density at radius 1 is 1.41 bits per heavy atom. The second-order valence-electron chi connectivity index (χ2n) is 3.97. The van der Waals surface area contributed by atoms with Gasteiger partial charge in [-0.25, -0.2) is 8.78 Å². The average molecular weight is 242 g/mol. The van der Waals surface area contributed by atoms with Gasteiger partial charge in [-0.2, -0.15) is 0 Å². The fourth-order valence-electron chi connectivity index (χ4n) is 1.48. The summed E-state index contributed by atoms with van der Waals surface area (Å²) in [5.74, 6) is -2.08. The van der Waals surface area contributed by atoms with E-state index in [2.05, 4.69) is 5.32 Å². The number of amides is 1. The molecule has 5 heteroatoms. The topological polar surface area (TPSA) is 55.1 Å². The molecule has 0 spiro atoms. The van der Waals surface area contributed by atoms with Gasteiger partial charge >= 0.3 is 0 Å². The van der Waals surface area contributed by atoms with Crippen molar-refractivity contribution >= 4 is 5.91 Å². The first-order valence-corrected chi connectivity index (χ1v) is 5.46. The van der Waals surface area contributed by atoms with Gasteiger partial charge in [-0.1, -0.05) is 6.07 Å². The molecule has 1 aromatic carbocycles. The van der Waals surface area contributed by atoms with E-state index in [0.29, 0.717) is 18.5 Å². The number of carbonyl (C=O) groups is 1. The van der Waals surface area contributed by atoms with Gasteiger partial charge in [0.1, 0.15) is 0 Å². The average Bonchev–Trinajstić information content (AvgIpc) is 2.23. The molecule has 1 amide bonds. The highest BCUT2D eigenvalue weighted by Crippen LogP contribution is 2.09. The molecule has 0 aliphatic carbocycles. The maximum Gasteiger partial charge on any atom is 0.224 e. The van der Waals surface area contributed by atoms with Crippen molar-refractivity contribution in [3.8, 4) is 0 Å². The summed E-state index contributed by atoms with van der Waals surface area (Å²) in [7, 11) is 0. The van der Waals surface area contributed by atoms with E-state index in [1.165, 1.54) is 6.07 Å². The first-order chi connectivity index (χ1) is 8.02. The van der Waals surface area contributed by atoms with Crippen LogP contribution in [0.15, 0.2) is 18.2 Å².